The van der Waals surface area contributed by atoms with Crippen LogP contribution >= 0.6 is 11.6 Å². The lowest BCUT2D eigenvalue weighted by atomic mass is 10.0. The van der Waals surface area contributed by atoms with Crippen LogP contribution in [0.15, 0.2) is 57.9 Å². The van der Waals surface area contributed by atoms with Crippen molar-refractivity contribution >= 4 is 28.4 Å². The lowest BCUT2D eigenvalue weighted by Crippen LogP contribution is -2.20. The molecular weight excluding hydrogens is 284 g/mol. The van der Waals surface area contributed by atoms with Crippen molar-refractivity contribution in [2.24, 2.45) is 4.99 Å². The van der Waals surface area contributed by atoms with E-state index in [9.17, 15) is 0 Å². The largest absolute Gasteiger partial charge is 0.456 e. The van der Waals surface area contributed by atoms with Crippen LogP contribution in [-0.4, -0.2) is 18.9 Å². The molecule has 2 aromatic carbocycles. The third-order valence-electron chi connectivity index (χ3n) is 3.60. The summed E-state index contributed by atoms with van der Waals surface area (Å²) in [6.45, 7) is 1.71. The minimum Gasteiger partial charge on any atom is -0.456 e. The molecule has 0 atom stereocenters. The standard InChI is InChI=1S/C17H13ClN2O/c18-12-5-6-15-11(9-12)10-16(21-15)13-3-1-2-4-14(13)17-19-7-8-20-17/h1-6,9-10H,7-8H2,(H,19,20). The zero-order valence-electron chi connectivity index (χ0n) is 11.3. The van der Waals surface area contributed by atoms with Crippen LogP contribution in [-0.2, 0) is 0 Å². The molecule has 4 rings (SSSR count). The number of amidine groups is 1. The van der Waals surface area contributed by atoms with Crippen molar-refractivity contribution in [3.63, 3.8) is 0 Å². The number of furan rings is 1. The Balaban J connectivity index is 1.88. The average molecular weight is 297 g/mol. The van der Waals surface area contributed by atoms with Crippen molar-refractivity contribution in [3.8, 4) is 11.3 Å². The first-order valence-electron chi connectivity index (χ1n) is 6.88. The van der Waals surface area contributed by atoms with Crippen LogP contribution in [0.1, 0.15) is 5.56 Å². The minimum absolute atomic E-state index is 0.713. The smallest absolute Gasteiger partial charge is 0.136 e. The Hall–Kier alpha value is -2.26. The van der Waals surface area contributed by atoms with Crippen LogP contribution in [0, 0.1) is 0 Å². The lowest BCUT2D eigenvalue weighted by molar-refractivity contribution is 0.631. The van der Waals surface area contributed by atoms with E-state index in [1.165, 1.54) is 0 Å². The van der Waals surface area contributed by atoms with Gasteiger partial charge in [0.05, 0.1) is 6.54 Å². The monoisotopic (exact) mass is 296 g/mol. The van der Waals surface area contributed by atoms with Crippen LogP contribution in [0.3, 0.4) is 0 Å². The molecule has 0 saturated heterocycles. The highest BCUT2D eigenvalue weighted by atomic mass is 35.5. The van der Waals surface area contributed by atoms with Gasteiger partial charge in [-0.05, 0) is 24.3 Å². The summed E-state index contributed by atoms with van der Waals surface area (Å²) in [5, 5.41) is 5.03. The Morgan fingerprint density at radius 2 is 1.90 bits per heavy atom. The molecule has 1 aliphatic heterocycles. The van der Waals surface area contributed by atoms with Gasteiger partial charge >= 0.3 is 0 Å². The van der Waals surface area contributed by atoms with Crippen molar-refractivity contribution in [1.29, 1.82) is 0 Å². The van der Waals surface area contributed by atoms with Gasteiger partial charge in [-0.2, -0.15) is 0 Å². The van der Waals surface area contributed by atoms with Crippen molar-refractivity contribution in [2.45, 2.75) is 0 Å². The second-order valence-electron chi connectivity index (χ2n) is 5.00. The number of aliphatic imine (C=N–C) groups is 1. The highest BCUT2D eigenvalue weighted by Crippen LogP contribution is 2.31. The fraction of sp³-hybridized carbons (Fsp3) is 0.118. The maximum Gasteiger partial charge on any atom is 0.136 e. The van der Waals surface area contributed by atoms with Gasteiger partial charge in [0.2, 0.25) is 0 Å². The lowest BCUT2D eigenvalue weighted by Gasteiger charge is -2.07. The Morgan fingerprint density at radius 3 is 2.71 bits per heavy atom. The van der Waals surface area contributed by atoms with E-state index < -0.39 is 0 Å². The molecule has 0 spiro atoms. The first-order valence-corrected chi connectivity index (χ1v) is 7.26. The second-order valence-corrected chi connectivity index (χ2v) is 5.43. The summed E-state index contributed by atoms with van der Waals surface area (Å²) in [7, 11) is 0. The normalized spacial score (nSPS) is 14.2. The minimum atomic E-state index is 0.713. The number of nitrogens with zero attached hydrogens (tertiary/aromatic N) is 1. The zero-order chi connectivity index (χ0) is 14.2. The van der Waals surface area contributed by atoms with Gasteiger partial charge in [0.1, 0.15) is 17.2 Å². The summed E-state index contributed by atoms with van der Waals surface area (Å²) >= 11 is 6.04. The highest BCUT2D eigenvalue weighted by Gasteiger charge is 2.16. The Kier molecular flexibility index (Phi) is 2.93. The molecule has 0 fully saturated rings. The van der Waals surface area contributed by atoms with Crippen molar-refractivity contribution in [2.75, 3.05) is 13.1 Å². The first kappa shape index (κ1) is 12.5. The van der Waals surface area contributed by atoms with Gasteiger partial charge in [0.15, 0.2) is 0 Å². The van der Waals surface area contributed by atoms with Crippen LogP contribution in [0.5, 0.6) is 0 Å². The number of rotatable bonds is 2. The summed E-state index contributed by atoms with van der Waals surface area (Å²) in [5.41, 5.74) is 2.95. The Bertz CT molecular complexity index is 851. The fourth-order valence-corrected chi connectivity index (χ4v) is 2.81. The van der Waals surface area contributed by atoms with Crippen LogP contribution in [0.4, 0.5) is 0 Å². The molecule has 3 aromatic rings. The molecule has 0 unspecified atom stereocenters. The molecule has 3 nitrogen and oxygen atoms in total. The number of halogens is 1. The van der Waals surface area contributed by atoms with Crippen LogP contribution in [0.2, 0.25) is 5.02 Å². The molecule has 1 aromatic heterocycles. The predicted octanol–water partition coefficient (Wildman–Crippen LogP) is 4.10. The van der Waals surface area contributed by atoms with E-state index in [1.807, 2.05) is 36.4 Å². The van der Waals surface area contributed by atoms with Crippen molar-refractivity contribution in [1.82, 2.24) is 5.32 Å². The Labute approximate surface area is 127 Å². The van der Waals surface area contributed by atoms with E-state index in [1.54, 1.807) is 0 Å². The summed E-state index contributed by atoms with van der Waals surface area (Å²) in [4.78, 5) is 4.50. The number of hydrogen-bond acceptors (Lipinski definition) is 3. The van der Waals surface area contributed by atoms with Gasteiger partial charge in [0, 0.05) is 28.1 Å². The topological polar surface area (TPSA) is 37.5 Å². The van der Waals surface area contributed by atoms with Gasteiger partial charge in [-0.1, -0.05) is 35.9 Å². The number of benzene rings is 2. The SMILES string of the molecule is Clc1ccc2oc(-c3ccccc3C3=NCCN3)cc2c1. The molecule has 0 saturated carbocycles. The number of hydrogen-bond donors (Lipinski definition) is 1. The van der Waals surface area contributed by atoms with Crippen LogP contribution in [0.25, 0.3) is 22.3 Å². The molecule has 4 heteroatoms. The molecule has 2 heterocycles. The van der Waals surface area contributed by atoms with Gasteiger partial charge in [-0.15, -0.1) is 0 Å². The summed E-state index contributed by atoms with van der Waals surface area (Å²) in [5.74, 6) is 1.77. The predicted molar refractivity (Wildman–Crippen MR) is 86.1 cm³/mol. The summed E-state index contributed by atoms with van der Waals surface area (Å²) in [6.07, 6.45) is 0. The van der Waals surface area contributed by atoms with E-state index in [0.717, 1.165) is 46.8 Å². The van der Waals surface area contributed by atoms with E-state index in [-0.39, 0.29) is 0 Å². The maximum absolute atomic E-state index is 6.04. The third kappa shape index (κ3) is 2.20. The summed E-state index contributed by atoms with van der Waals surface area (Å²) in [6, 6.07) is 15.8. The third-order valence-corrected chi connectivity index (χ3v) is 3.84. The molecule has 0 amide bonds. The van der Waals surface area contributed by atoms with Gasteiger partial charge in [-0.25, -0.2) is 0 Å². The van der Waals surface area contributed by atoms with Crippen molar-refractivity contribution < 1.29 is 4.42 Å². The van der Waals surface area contributed by atoms with Gasteiger partial charge < -0.3 is 9.73 Å². The number of fused-ring (bicyclic) bond motifs is 1. The van der Waals surface area contributed by atoms with Gasteiger partial charge in [-0.3, -0.25) is 4.99 Å². The molecule has 104 valence electrons. The molecule has 0 radical (unpaired) electrons. The first-order chi connectivity index (χ1) is 10.3. The highest BCUT2D eigenvalue weighted by molar-refractivity contribution is 6.31. The Morgan fingerprint density at radius 1 is 1.05 bits per heavy atom. The van der Waals surface area contributed by atoms with Gasteiger partial charge in [0.25, 0.3) is 0 Å². The molecule has 21 heavy (non-hydrogen) atoms. The fourth-order valence-electron chi connectivity index (χ4n) is 2.63. The maximum atomic E-state index is 6.04. The molecule has 0 aliphatic carbocycles. The molecular formula is C17H13ClN2O. The van der Waals surface area contributed by atoms with E-state index >= 15 is 0 Å². The van der Waals surface area contributed by atoms with E-state index in [4.69, 9.17) is 16.0 Å². The van der Waals surface area contributed by atoms with E-state index in [2.05, 4.69) is 22.4 Å². The molecule has 1 N–H and O–H groups in total. The molecule has 0 bridgehead atoms. The molecule has 1 aliphatic rings. The number of nitrogens with one attached hydrogen (secondary N) is 1. The van der Waals surface area contributed by atoms with Crippen LogP contribution < -0.4 is 5.32 Å². The van der Waals surface area contributed by atoms with Crippen molar-refractivity contribution in [3.05, 3.63) is 59.1 Å². The zero-order valence-corrected chi connectivity index (χ0v) is 12.0. The quantitative estimate of drug-likeness (QED) is 0.773. The summed E-state index contributed by atoms with van der Waals surface area (Å²) < 4.78 is 5.97. The van der Waals surface area contributed by atoms with E-state index in [0.29, 0.717) is 5.02 Å². The average Bonchev–Trinajstić information content (AvgIpc) is 3.16. The second kappa shape index (κ2) is 4.93.